The molecule has 1 aromatic carbocycles. The van der Waals surface area contributed by atoms with Crippen molar-refractivity contribution in [2.45, 2.75) is 32.6 Å². The number of hydrogen-bond donors (Lipinski definition) is 1. The Morgan fingerprint density at radius 1 is 1.50 bits per heavy atom. The number of rotatable bonds is 3. The third-order valence-corrected chi connectivity index (χ3v) is 3.04. The lowest BCUT2D eigenvalue weighted by Crippen LogP contribution is -2.24. The zero-order valence-corrected chi connectivity index (χ0v) is 10.2. The smallest absolute Gasteiger partial charge is 0.304 e. The Morgan fingerprint density at radius 3 is 2.56 bits per heavy atom. The van der Waals surface area contributed by atoms with Gasteiger partial charge in [0.2, 0.25) is 0 Å². The van der Waals surface area contributed by atoms with Crippen molar-refractivity contribution in [3.05, 3.63) is 34.1 Å². The summed E-state index contributed by atoms with van der Waals surface area (Å²) >= 11 is 6.03. The number of halogens is 2. The number of carboxylic acids is 1. The highest BCUT2D eigenvalue weighted by molar-refractivity contribution is 6.32. The van der Waals surface area contributed by atoms with Gasteiger partial charge in [-0.2, -0.15) is 0 Å². The summed E-state index contributed by atoms with van der Waals surface area (Å²) < 4.78 is 13.7. The molecule has 16 heavy (non-hydrogen) atoms. The molecule has 0 aliphatic heterocycles. The van der Waals surface area contributed by atoms with E-state index in [-0.39, 0.29) is 12.0 Å². The third kappa shape index (κ3) is 2.53. The molecule has 0 aliphatic carbocycles. The Morgan fingerprint density at radius 2 is 2.06 bits per heavy atom. The average molecular weight is 245 g/mol. The topological polar surface area (TPSA) is 37.3 Å². The van der Waals surface area contributed by atoms with Gasteiger partial charge in [-0.05, 0) is 18.6 Å². The highest BCUT2D eigenvalue weighted by atomic mass is 35.5. The largest absolute Gasteiger partial charge is 0.481 e. The molecule has 88 valence electrons. The molecule has 0 saturated carbocycles. The Kier molecular flexibility index (Phi) is 3.58. The molecule has 0 aliphatic rings. The number of benzene rings is 1. The molecule has 4 heteroatoms. The fraction of sp³-hybridized carbons (Fsp3) is 0.417. The summed E-state index contributed by atoms with van der Waals surface area (Å²) in [7, 11) is 0. The SMILES string of the molecule is Cc1ccc(F)c(C(C)(C)CC(=O)O)c1Cl. The summed E-state index contributed by atoms with van der Waals surface area (Å²) in [5.74, 6) is -1.43. The maximum atomic E-state index is 13.7. The van der Waals surface area contributed by atoms with Gasteiger partial charge in [-0.1, -0.05) is 31.5 Å². The molecule has 0 aromatic heterocycles. The van der Waals surface area contributed by atoms with Gasteiger partial charge in [-0.25, -0.2) is 4.39 Å². The first kappa shape index (κ1) is 13.0. The van der Waals surface area contributed by atoms with Crippen LogP contribution in [0.2, 0.25) is 5.02 Å². The van der Waals surface area contributed by atoms with E-state index in [1.165, 1.54) is 6.07 Å². The van der Waals surface area contributed by atoms with E-state index in [2.05, 4.69) is 0 Å². The van der Waals surface area contributed by atoms with E-state index in [1.807, 2.05) is 0 Å². The van der Waals surface area contributed by atoms with Crippen molar-refractivity contribution in [2.24, 2.45) is 0 Å². The minimum Gasteiger partial charge on any atom is -0.481 e. The summed E-state index contributed by atoms with van der Waals surface area (Å²) in [5.41, 5.74) is 0.201. The number of aliphatic carboxylic acids is 1. The van der Waals surface area contributed by atoms with Crippen molar-refractivity contribution in [1.82, 2.24) is 0 Å². The quantitative estimate of drug-likeness (QED) is 0.883. The van der Waals surface area contributed by atoms with Crippen LogP contribution in [0, 0.1) is 12.7 Å². The fourth-order valence-corrected chi connectivity index (χ4v) is 2.15. The second kappa shape index (κ2) is 4.42. The van der Waals surface area contributed by atoms with E-state index in [9.17, 15) is 9.18 Å². The van der Waals surface area contributed by atoms with E-state index in [0.29, 0.717) is 5.02 Å². The summed E-state index contributed by atoms with van der Waals surface area (Å²) in [6.45, 7) is 5.11. The molecule has 0 atom stereocenters. The predicted octanol–water partition coefficient (Wildman–Crippen LogP) is 3.54. The van der Waals surface area contributed by atoms with Crippen LogP contribution in [-0.2, 0) is 10.2 Å². The Balaban J connectivity index is 3.31. The number of aryl methyl sites for hydroxylation is 1. The first-order valence-corrected chi connectivity index (χ1v) is 5.30. The van der Waals surface area contributed by atoms with Crippen molar-refractivity contribution in [3.63, 3.8) is 0 Å². The van der Waals surface area contributed by atoms with Crippen LogP contribution in [0.1, 0.15) is 31.4 Å². The number of hydrogen-bond acceptors (Lipinski definition) is 1. The molecule has 0 saturated heterocycles. The second-order valence-corrected chi connectivity index (χ2v) is 4.89. The fourth-order valence-electron chi connectivity index (χ4n) is 1.74. The maximum Gasteiger partial charge on any atom is 0.304 e. The van der Waals surface area contributed by atoms with Crippen LogP contribution in [0.25, 0.3) is 0 Å². The zero-order valence-electron chi connectivity index (χ0n) is 9.47. The molecule has 1 N–H and O–H groups in total. The van der Waals surface area contributed by atoms with Crippen molar-refractivity contribution in [3.8, 4) is 0 Å². The van der Waals surface area contributed by atoms with Crippen molar-refractivity contribution in [1.29, 1.82) is 0 Å². The first-order chi connectivity index (χ1) is 7.25. The summed E-state index contributed by atoms with van der Waals surface area (Å²) in [4.78, 5) is 10.7. The van der Waals surface area contributed by atoms with E-state index in [4.69, 9.17) is 16.7 Å². The van der Waals surface area contributed by atoms with Crippen molar-refractivity contribution < 1.29 is 14.3 Å². The number of carboxylic acid groups (broad SMARTS) is 1. The third-order valence-electron chi connectivity index (χ3n) is 2.55. The van der Waals surface area contributed by atoms with Gasteiger partial charge < -0.3 is 5.11 Å². The molecule has 0 heterocycles. The van der Waals surface area contributed by atoms with Crippen LogP contribution in [0.3, 0.4) is 0 Å². The van der Waals surface area contributed by atoms with E-state index in [1.54, 1.807) is 26.8 Å². The van der Waals surface area contributed by atoms with Crippen LogP contribution >= 0.6 is 11.6 Å². The van der Waals surface area contributed by atoms with Crippen LogP contribution in [0.4, 0.5) is 4.39 Å². The Hall–Kier alpha value is -1.09. The maximum absolute atomic E-state index is 13.7. The van der Waals surface area contributed by atoms with Crippen molar-refractivity contribution in [2.75, 3.05) is 0 Å². The minimum absolute atomic E-state index is 0.160. The van der Waals surface area contributed by atoms with E-state index < -0.39 is 17.2 Å². The molecular weight excluding hydrogens is 231 g/mol. The lowest BCUT2D eigenvalue weighted by Gasteiger charge is -2.25. The summed E-state index contributed by atoms with van der Waals surface area (Å²) in [6.07, 6.45) is -0.160. The van der Waals surface area contributed by atoms with Gasteiger partial charge in [-0.15, -0.1) is 0 Å². The van der Waals surface area contributed by atoms with Gasteiger partial charge in [0.25, 0.3) is 0 Å². The van der Waals surface area contributed by atoms with Crippen LogP contribution in [-0.4, -0.2) is 11.1 Å². The molecule has 0 radical (unpaired) electrons. The highest BCUT2D eigenvalue weighted by Gasteiger charge is 2.30. The van der Waals surface area contributed by atoms with Gasteiger partial charge in [0.15, 0.2) is 0 Å². The highest BCUT2D eigenvalue weighted by Crippen LogP contribution is 2.36. The molecule has 0 amide bonds. The van der Waals surface area contributed by atoms with Gasteiger partial charge in [0, 0.05) is 11.0 Å². The van der Waals surface area contributed by atoms with Crippen molar-refractivity contribution >= 4 is 17.6 Å². The Bertz CT molecular complexity index is 427. The van der Waals surface area contributed by atoms with Gasteiger partial charge >= 0.3 is 5.97 Å². The average Bonchev–Trinajstić information content (AvgIpc) is 2.09. The standard InChI is InChI=1S/C12H14ClFO2/c1-7-4-5-8(14)10(11(7)13)12(2,3)6-9(15)16/h4-5H,6H2,1-3H3,(H,15,16). The van der Waals surface area contributed by atoms with Gasteiger partial charge in [-0.3, -0.25) is 4.79 Å². The molecule has 0 fully saturated rings. The molecule has 2 nitrogen and oxygen atoms in total. The van der Waals surface area contributed by atoms with Crippen LogP contribution in [0.15, 0.2) is 12.1 Å². The lowest BCUT2D eigenvalue weighted by atomic mass is 9.80. The van der Waals surface area contributed by atoms with Crippen LogP contribution < -0.4 is 0 Å². The molecule has 0 unspecified atom stereocenters. The van der Waals surface area contributed by atoms with Gasteiger partial charge in [0.05, 0.1) is 11.4 Å². The zero-order chi connectivity index (χ0) is 12.5. The molecule has 1 aromatic rings. The molecule has 1 rings (SSSR count). The van der Waals surface area contributed by atoms with E-state index >= 15 is 0 Å². The Labute approximate surface area is 99.0 Å². The summed E-state index contributed by atoms with van der Waals surface area (Å²) in [6, 6.07) is 2.90. The first-order valence-electron chi connectivity index (χ1n) is 4.92. The normalized spacial score (nSPS) is 11.6. The second-order valence-electron chi connectivity index (χ2n) is 4.51. The summed E-state index contributed by atoms with van der Waals surface area (Å²) in [5, 5.41) is 9.11. The minimum atomic E-state index is -0.970. The molecule has 0 spiro atoms. The monoisotopic (exact) mass is 244 g/mol. The molecule has 0 bridgehead atoms. The van der Waals surface area contributed by atoms with E-state index in [0.717, 1.165) is 5.56 Å². The number of carbonyl (C=O) groups is 1. The predicted molar refractivity (Wildman–Crippen MR) is 61.4 cm³/mol. The van der Waals surface area contributed by atoms with Crippen LogP contribution in [0.5, 0.6) is 0 Å². The molecular formula is C12H14ClFO2. The lowest BCUT2D eigenvalue weighted by molar-refractivity contribution is -0.138. The van der Waals surface area contributed by atoms with Gasteiger partial charge in [0.1, 0.15) is 5.82 Å².